The van der Waals surface area contributed by atoms with Gasteiger partial charge in [0, 0.05) is 49.6 Å². The fraction of sp³-hybridized carbons (Fsp3) is 0.550. The Kier molecular flexibility index (Phi) is 33.5. The van der Waals surface area contributed by atoms with Gasteiger partial charge >= 0.3 is 5.97 Å². The van der Waals surface area contributed by atoms with Gasteiger partial charge < -0.3 is 104 Å². The molecule has 0 spiro atoms. The van der Waals surface area contributed by atoms with Crippen molar-refractivity contribution >= 4 is 87.9 Å². The quantitative estimate of drug-likeness (QED) is 0.0148. The van der Waals surface area contributed by atoms with E-state index in [9.17, 15) is 53.1 Å². The average Bonchev–Trinajstić information content (AvgIpc) is 1.81. The highest BCUT2D eigenvalue weighted by Gasteiger charge is 2.36. The number of nitrogens with one attached hydrogen (secondary N) is 9. The van der Waals surface area contributed by atoms with Gasteiger partial charge in [-0.3, -0.25) is 58.1 Å². The number of benzene rings is 2. The number of hydrogen-bond acceptors (Lipinski definition) is 15. The Labute approximate surface area is 535 Å². The van der Waals surface area contributed by atoms with Crippen LogP contribution in [-0.4, -0.2) is 168 Å². The number of carboxylic acid groups (broad SMARTS) is 1. The van der Waals surface area contributed by atoms with Crippen LogP contribution in [0.25, 0.3) is 10.9 Å². The van der Waals surface area contributed by atoms with E-state index in [0.717, 1.165) is 16.5 Å². The number of aromatic nitrogens is 1. The van der Waals surface area contributed by atoms with E-state index < -0.39 is 126 Å². The molecule has 1 aromatic heterocycles. The molecule has 0 saturated heterocycles. The summed E-state index contributed by atoms with van der Waals surface area (Å²) in [7, 11) is 0. The maximum atomic E-state index is 14.7. The molecule has 9 atom stereocenters. The van der Waals surface area contributed by atoms with E-state index in [4.69, 9.17) is 51.6 Å². The van der Waals surface area contributed by atoms with Gasteiger partial charge in [-0.1, -0.05) is 76.2 Å². The highest BCUT2D eigenvalue weighted by molar-refractivity contribution is 5.98. The number of para-hydroxylation sites is 1. The van der Waals surface area contributed by atoms with E-state index in [0.29, 0.717) is 18.4 Å². The maximum Gasteiger partial charge on any atom is 0.326 e. The molecule has 508 valence electrons. The highest BCUT2D eigenvalue weighted by Crippen LogP contribution is 2.20. The summed E-state index contributed by atoms with van der Waals surface area (Å²) < 4.78 is 0. The number of guanidine groups is 3. The molecule has 9 amide bonds. The van der Waals surface area contributed by atoms with Crippen molar-refractivity contribution in [1.82, 2.24) is 47.5 Å². The molecule has 2 aromatic carbocycles. The minimum absolute atomic E-state index is 0.00175. The van der Waals surface area contributed by atoms with Crippen molar-refractivity contribution in [3.8, 4) is 0 Å². The maximum absolute atomic E-state index is 14.7. The van der Waals surface area contributed by atoms with Crippen molar-refractivity contribution in [2.45, 2.75) is 172 Å². The first-order chi connectivity index (χ1) is 43.6. The number of amides is 9. The molecule has 0 fully saturated rings. The normalized spacial score (nSPS) is 14.0. The van der Waals surface area contributed by atoms with Gasteiger partial charge in [0.15, 0.2) is 17.9 Å². The molecule has 1 heterocycles. The van der Waals surface area contributed by atoms with Gasteiger partial charge in [-0.25, -0.2) is 4.79 Å². The Morgan fingerprint density at radius 1 is 0.478 bits per heavy atom. The van der Waals surface area contributed by atoms with Gasteiger partial charge in [-0.05, 0) is 113 Å². The molecule has 0 bridgehead atoms. The fourth-order valence-corrected chi connectivity index (χ4v) is 9.71. The molecule has 32 heteroatoms. The summed E-state index contributed by atoms with van der Waals surface area (Å²) in [6.45, 7) is 7.24. The van der Waals surface area contributed by atoms with E-state index >= 15 is 0 Å². The van der Waals surface area contributed by atoms with Gasteiger partial charge in [-0.2, -0.15) is 0 Å². The number of carboxylic acids is 1. The predicted octanol–water partition coefficient (Wildman–Crippen LogP) is -3.50. The first-order valence-electron chi connectivity index (χ1n) is 30.7. The van der Waals surface area contributed by atoms with Crippen LogP contribution < -0.4 is 94.1 Å². The lowest BCUT2D eigenvalue weighted by Gasteiger charge is -2.30. The number of unbranched alkanes of at least 4 members (excludes halogenated alkanes) is 1. The lowest BCUT2D eigenvalue weighted by molar-refractivity contribution is -0.142. The Hall–Kier alpha value is -9.59. The van der Waals surface area contributed by atoms with Crippen LogP contribution in [0.4, 0.5) is 0 Å². The minimum Gasteiger partial charge on any atom is -0.480 e. The number of hydrogen-bond donors (Lipinski definition) is 19. The summed E-state index contributed by atoms with van der Waals surface area (Å²) in [6.07, 6.45) is 2.09. The van der Waals surface area contributed by atoms with Crippen molar-refractivity contribution in [3.63, 3.8) is 0 Å². The number of primary amides is 1. The number of nitrogens with two attached hydrogens (primary N) is 9. The van der Waals surface area contributed by atoms with E-state index in [1.165, 1.54) is 0 Å². The summed E-state index contributed by atoms with van der Waals surface area (Å²) in [5, 5.41) is 32.1. The predicted molar refractivity (Wildman–Crippen MR) is 349 cm³/mol. The fourth-order valence-electron chi connectivity index (χ4n) is 9.71. The number of H-pyrrole nitrogens is 1. The largest absolute Gasteiger partial charge is 0.480 e. The molecule has 3 rings (SSSR count). The summed E-state index contributed by atoms with van der Waals surface area (Å²) in [6, 6.07) is 4.12. The molecule has 0 unspecified atom stereocenters. The number of fused-ring (bicyclic) bond motifs is 1. The van der Waals surface area contributed by atoms with Crippen LogP contribution >= 0.6 is 0 Å². The van der Waals surface area contributed by atoms with Crippen LogP contribution in [0.2, 0.25) is 0 Å². The average molecular weight is 1290 g/mol. The summed E-state index contributed by atoms with van der Waals surface area (Å²) in [5.74, 6) is -10.3. The number of rotatable bonds is 43. The van der Waals surface area contributed by atoms with E-state index in [2.05, 4.69) is 62.5 Å². The topological polar surface area (TPSA) is 574 Å². The van der Waals surface area contributed by atoms with Gasteiger partial charge in [0.2, 0.25) is 53.2 Å². The van der Waals surface area contributed by atoms with Crippen LogP contribution in [0, 0.1) is 11.8 Å². The number of carbonyl (C=O) groups excluding carboxylic acids is 9. The van der Waals surface area contributed by atoms with Crippen molar-refractivity contribution in [1.29, 1.82) is 0 Å². The second-order valence-electron chi connectivity index (χ2n) is 23.1. The molecular weight excluding hydrogens is 1190 g/mol. The lowest BCUT2D eigenvalue weighted by atomic mass is 9.98. The van der Waals surface area contributed by atoms with Crippen molar-refractivity contribution in [3.05, 3.63) is 71.9 Å². The lowest BCUT2D eigenvalue weighted by Crippen LogP contribution is -2.61. The Balaban J connectivity index is 1.93. The zero-order chi connectivity index (χ0) is 68.5. The van der Waals surface area contributed by atoms with Crippen LogP contribution in [0.15, 0.2) is 75.8 Å². The van der Waals surface area contributed by atoms with Crippen molar-refractivity contribution in [2.24, 2.45) is 78.4 Å². The van der Waals surface area contributed by atoms with E-state index in [-0.39, 0.29) is 121 Å². The third-order valence-corrected chi connectivity index (χ3v) is 14.6. The molecule has 92 heavy (non-hydrogen) atoms. The molecule has 0 radical (unpaired) electrons. The second kappa shape index (κ2) is 40.2. The molecule has 3 aromatic rings. The monoisotopic (exact) mass is 1290 g/mol. The van der Waals surface area contributed by atoms with Crippen molar-refractivity contribution in [2.75, 3.05) is 26.2 Å². The van der Waals surface area contributed by atoms with E-state index in [1.54, 1.807) is 64.2 Å². The number of aliphatic imine (C=N–C) groups is 3. The van der Waals surface area contributed by atoms with Crippen molar-refractivity contribution < 1.29 is 53.1 Å². The standard InChI is InChI=1S/C60H97N21O11/c1-33(2)29-45(54(88)76-42(21-13-27-71-59(66)67)50(84)77-43(23-24-47(63)82)52(86)78-44(57(91)92)22-14-28-72-60(68)69)80-56(90)48(34(3)4)81-53(87)40(19-10-11-25-61)75-55(89)46(30-35-15-6-5-7-16-35)79-51(85)41(20-12-26-70-58(64)65)74-49(83)38(62)31-36-32-73-39-18-9-8-17-37(36)39/h5-9,15-18,32-34,38,40-46,48,73H,10-14,19-31,61-62H2,1-4H3,(H2,63,82)(H,74,83)(H,75,89)(H,76,88)(H,77,84)(H,78,86)(H,79,85)(H,80,90)(H,81,87)(H,91,92)(H4,64,65,70)(H4,66,67,71)(H4,68,69,72)/t38-,40-,41-,42-,43-,44-,45-,46-,48-/m0/s1. The SMILES string of the molecule is CC(C)C[C@H](NC(=O)[C@@H](NC(=O)[C@H](CCCCN)NC(=O)[C@H](Cc1ccccc1)NC(=O)[C@H](CCCN=C(N)N)NC(=O)[C@@H](N)Cc1c[nH]c2ccccc12)C(C)C)C(=O)N[C@@H](CCCN=C(N)N)C(=O)N[C@@H](CCC(N)=O)C(=O)N[C@@H](CCCN=C(N)N)C(=O)O. The molecule has 0 aliphatic rings. The smallest absolute Gasteiger partial charge is 0.326 e. The minimum atomic E-state index is -1.54. The number of aliphatic carboxylic acids is 1. The molecule has 0 aliphatic heterocycles. The summed E-state index contributed by atoms with van der Waals surface area (Å²) in [5.41, 5.74) is 52.9. The van der Waals surface area contributed by atoms with Gasteiger partial charge in [0.1, 0.15) is 48.3 Å². The molecular formula is C60H97N21O11. The van der Waals surface area contributed by atoms with Crippen LogP contribution in [0.1, 0.15) is 116 Å². The Morgan fingerprint density at radius 2 is 0.902 bits per heavy atom. The number of aromatic amines is 1. The molecule has 0 aliphatic carbocycles. The first kappa shape index (κ1) is 76.7. The van der Waals surface area contributed by atoms with Crippen LogP contribution in [-0.2, 0) is 60.8 Å². The van der Waals surface area contributed by atoms with Gasteiger partial charge in [0.25, 0.3) is 0 Å². The number of carbonyl (C=O) groups is 10. The molecule has 28 N–H and O–H groups in total. The zero-order valence-corrected chi connectivity index (χ0v) is 52.9. The van der Waals surface area contributed by atoms with Gasteiger partial charge in [0.05, 0.1) is 6.04 Å². The first-order valence-corrected chi connectivity index (χ1v) is 30.7. The molecule has 32 nitrogen and oxygen atoms in total. The van der Waals surface area contributed by atoms with Gasteiger partial charge in [-0.15, -0.1) is 0 Å². The third kappa shape index (κ3) is 28.5. The molecule has 0 saturated carbocycles. The summed E-state index contributed by atoms with van der Waals surface area (Å²) in [4.78, 5) is 153. The second-order valence-corrected chi connectivity index (χ2v) is 23.1. The van der Waals surface area contributed by atoms with Crippen LogP contribution in [0.3, 0.4) is 0 Å². The van der Waals surface area contributed by atoms with E-state index in [1.807, 2.05) is 24.3 Å². The number of nitrogens with zero attached hydrogens (tertiary/aromatic N) is 3. The summed E-state index contributed by atoms with van der Waals surface area (Å²) >= 11 is 0. The Bertz CT molecular complexity index is 3000. The third-order valence-electron chi connectivity index (χ3n) is 14.6. The van der Waals surface area contributed by atoms with Crippen LogP contribution in [0.5, 0.6) is 0 Å². The Morgan fingerprint density at radius 3 is 1.39 bits per heavy atom. The highest BCUT2D eigenvalue weighted by atomic mass is 16.4. The zero-order valence-electron chi connectivity index (χ0n) is 52.9.